The van der Waals surface area contributed by atoms with Crippen LogP contribution in [0.25, 0.3) is 11.5 Å². The van der Waals surface area contributed by atoms with Gasteiger partial charge >= 0.3 is 6.43 Å². The van der Waals surface area contributed by atoms with Crippen molar-refractivity contribution in [3.63, 3.8) is 0 Å². The molecule has 0 radical (unpaired) electrons. The molecule has 0 spiro atoms. The van der Waals surface area contributed by atoms with Crippen molar-refractivity contribution in [2.75, 3.05) is 5.73 Å². The number of hydrogen-bond acceptors (Lipinski definition) is 6. The molecule has 1 aliphatic carbocycles. The summed E-state index contributed by atoms with van der Waals surface area (Å²) < 4.78 is 29.8. The summed E-state index contributed by atoms with van der Waals surface area (Å²) in [5.41, 5.74) is 6.69. The van der Waals surface area contributed by atoms with E-state index in [-0.39, 0.29) is 11.8 Å². The van der Waals surface area contributed by atoms with Crippen molar-refractivity contribution < 1.29 is 13.2 Å². The Labute approximate surface area is 107 Å². The minimum atomic E-state index is -2.79. The number of hydrogen-bond donors (Lipinski definition) is 1. The van der Waals surface area contributed by atoms with E-state index in [4.69, 9.17) is 10.2 Å². The average Bonchev–Trinajstić information content (AvgIpc) is 3.04. The maximum Gasteiger partial charge on any atom is 0.314 e. The van der Waals surface area contributed by atoms with Crippen LogP contribution in [0.15, 0.2) is 10.6 Å². The van der Waals surface area contributed by atoms with Crippen molar-refractivity contribution in [2.24, 2.45) is 5.92 Å². The first-order valence-electron chi connectivity index (χ1n) is 5.87. The van der Waals surface area contributed by atoms with Crippen LogP contribution in [-0.2, 0) is 6.42 Å². The minimum absolute atomic E-state index is 0.00551. The third-order valence-electron chi connectivity index (χ3n) is 2.92. The van der Waals surface area contributed by atoms with Crippen molar-refractivity contribution >= 4 is 5.95 Å². The predicted molar refractivity (Wildman–Crippen MR) is 61.1 cm³/mol. The van der Waals surface area contributed by atoms with Crippen molar-refractivity contribution in [3.05, 3.63) is 17.8 Å². The number of alkyl halides is 2. The Morgan fingerprint density at radius 2 is 2.16 bits per heavy atom. The second kappa shape index (κ2) is 4.52. The monoisotopic (exact) mass is 267 g/mol. The molecule has 1 aliphatic rings. The Morgan fingerprint density at radius 3 is 2.79 bits per heavy atom. The zero-order chi connectivity index (χ0) is 13.4. The van der Waals surface area contributed by atoms with Crippen LogP contribution in [0.4, 0.5) is 14.7 Å². The second-order valence-electron chi connectivity index (χ2n) is 4.48. The largest absolute Gasteiger partial charge is 0.415 e. The van der Waals surface area contributed by atoms with Crippen LogP contribution < -0.4 is 5.73 Å². The third-order valence-corrected chi connectivity index (χ3v) is 2.92. The van der Waals surface area contributed by atoms with Gasteiger partial charge in [-0.3, -0.25) is 0 Å². The van der Waals surface area contributed by atoms with Crippen LogP contribution in [0.2, 0.25) is 0 Å². The van der Waals surface area contributed by atoms with E-state index in [0.717, 1.165) is 12.8 Å². The van der Waals surface area contributed by atoms with E-state index in [1.54, 1.807) is 0 Å². The number of anilines is 1. The van der Waals surface area contributed by atoms with Crippen LogP contribution >= 0.6 is 0 Å². The van der Waals surface area contributed by atoms with Crippen LogP contribution in [0, 0.1) is 5.92 Å². The topological polar surface area (TPSA) is 90.7 Å². The number of nitrogen functional groups attached to an aromatic ring is 1. The second-order valence-corrected chi connectivity index (χ2v) is 4.48. The zero-order valence-electron chi connectivity index (χ0n) is 9.88. The Bertz CT molecular complexity index is 597. The van der Waals surface area contributed by atoms with Gasteiger partial charge in [0.15, 0.2) is 0 Å². The lowest BCUT2D eigenvalue weighted by Crippen LogP contribution is -2.02. The summed E-state index contributed by atoms with van der Waals surface area (Å²) in [5.74, 6) is 0.00804. The van der Waals surface area contributed by atoms with E-state index >= 15 is 0 Å². The molecule has 100 valence electrons. The molecule has 19 heavy (non-hydrogen) atoms. The van der Waals surface area contributed by atoms with Crippen LogP contribution in [0.5, 0.6) is 0 Å². The van der Waals surface area contributed by atoms with Gasteiger partial charge in [0.2, 0.25) is 5.95 Å². The summed E-state index contributed by atoms with van der Waals surface area (Å²) >= 11 is 0. The summed E-state index contributed by atoms with van der Waals surface area (Å²) in [4.78, 5) is 7.98. The molecule has 0 unspecified atom stereocenters. The summed E-state index contributed by atoms with van der Waals surface area (Å²) in [6, 6.07) is 0. The molecule has 3 rings (SSSR count). The van der Waals surface area contributed by atoms with E-state index < -0.39 is 12.3 Å². The fourth-order valence-electron chi connectivity index (χ4n) is 1.79. The molecule has 0 bridgehead atoms. The fourth-order valence-corrected chi connectivity index (χ4v) is 1.79. The zero-order valence-corrected chi connectivity index (χ0v) is 9.88. The van der Waals surface area contributed by atoms with Gasteiger partial charge in [-0.1, -0.05) is 0 Å². The highest BCUT2D eigenvalue weighted by atomic mass is 19.3. The molecule has 6 nitrogen and oxygen atoms in total. The van der Waals surface area contributed by atoms with E-state index in [1.807, 2.05) is 0 Å². The van der Waals surface area contributed by atoms with Crippen molar-refractivity contribution in [1.82, 2.24) is 20.2 Å². The van der Waals surface area contributed by atoms with E-state index in [0.29, 0.717) is 23.6 Å². The Kier molecular flexibility index (Phi) is 2.84. The maximum absolute atomic E-state index is 12.4. The lowest BCUT2D eigenvalue weighted by atomic mass is 10.1. The molecule has 0 saturated heterocycles. The molecule has 2 heterocycles. The SMILES string of the molecule is Nc1ncc(-c2nnc(C(F)F)o2)c(CC2CC2)n1. The highest BCUT2D eigenvalue weighted by Crippen LogP contribution is 2.35. The van der Waals surface area contributed by atoms with Crippen molar-refractivity contribution in [3.8, 4) is 11.5 Å². The van der Waals surface area contributed by atoms with Gasteiger partial charge in [0, 0.05) is 6.20 Å². The number of nitrogens with zero attached hydrogens (tertiary/aromatic N) is 4. The Balaban J connectivity index is 1.97. The molecule has 1 fully saturated rings. The number of aromatic nitrogens is 4. The molecule has 0 aromatic carbocycles. The molecule has 0 amide bonds. The first kappa shape index (κ1) is 11.9. The molecule has 0 atom stereocenters. The normalized spacial score (nSPS) is 15.1. The van der Waals surface area contributed by atoms with Gasteiger partial charge in [-0.15, -0.1) is 10.2 Å². The highest BCUT2D eigenvalue weighted by Gasteiger charge is 2.26. The standard InChI is InChI=1S/C11H11F2N5O/c12-8(13)10-18-17-9(19-10)6-4-15-11(14)16-7(6)3-5-1-2-5/h4-5,8H,1-3H2,(H2,14,15,16). The van der Waals surface area contributed by atoms with Crippen LogP contribution in [-0.4, -0.2) is 20.2 Å². The summed E-state index contributed by atoms with van der Waals surface area (Å²) in [6.45, 7) is 0. The van der Waals surface area contributed by atoms with Crippen LogP contribution in [0.3, 0.4) is 0 Å². The third kappa shape index (κ3) is 2.51. The van der Waals surface area contributed by atoms with Gasteiger partial charge in [0.1, 0.15) is 0 Å². The number of halogens is 2. The van der Waals surface area contributed by atoms with E-state index in [9.17, 15) is 8.78 Å². The molecule has 0 aliphatic heterocycles. The molecule has 2 aromatic rings. The van der Waals surface area contributed by atoms with Crippen molar-refractivity contribution in [2.45, 2.75) is 25.7 Å². The fraction of sp³-hybridized carbons (Fsp3) is 0.455. The van der Waals surface area contributed by atoms with Crippen LogP contribution in [0.1, 0.15) is 30.9 Å². The van der Waals surface area contributed by atoms with E-state index in [1.165, 1.54) is 6.20 Å². The minimum Gasteiger partial charge on any atom is -0.415 e. The Hall–Kier alpha value is -2.12. The summed E-state index contributed by atoms with van der Waals surface area (Å²) in [7, 11) is 0. The molecular formula is C11H11F2N5O. The maximum atomic E-state index is 12.4. The summed E-state index contributed by atoms with van der Waals surface area (Å²) in [6.07, 6.45) is 1.63. The van der Waals surface area contributed by atoms with Gasteiger partial charge in [-0.2, -0.15) is 8.78 Å². The molecule has 2 N–H and O–H groups in total. The van der Waals surface area contributed by atoms with Gasteiger partial charge in [-0.05, 0) is 25.2 Å². The smallest absolute Gasteiger partial charge is 0.314 e. The molecule has 1 saturated carbocycles. The molecular weight excluding hydrogens is 256 g/mol. The lowest BCUT2D eigenvalue weighted by Gasteiger charge is -2.04. The lowest BCUT2D eigenvalue weighted by molar-refractivity contribution is 0.116. The first-order chi connectivity index (χ1) is 9.13. The Morgan fingerprint density at radius 1 is 1.37 bits per heavy atom. The van der Waals surface area contributed by atoms with Gasteiger partial charge in [0.25, 0.3) is 11.8 Å². The predicted octanol–water partition coefficient (Wildman–Crippen LogP) is 2.00. The quantitative estimate of drug-likeness (QED) is 0.911. The van der Waals surface area contributed by atoms with E-state index in [2.05, 4.69) is 20.2 Å². The number of rotatable bonds is 4. The van der Waals surface area contributed by atoms with Crippen molar-refractivity contribution in [1.29, 1.82) is 0 Å². The molecule has 8 heteroatoms. The first-order valence-corrected chi connectivity index (χ1v) is 5.87. The summed E-state index contributed by atoms with van der Waals surface area (Å²) in [5, 5.41) is 6.91. The highest BCUT2D eigenvalue weighted by molar-refractivity contribution is 5.55. The number of nitrogens with two attached hydrogens (primary N) is 1. The van der Waals surface area contributed by atoms with Gasteiger partial charge in [-0.25, -0.2) is 9.97 Å². The van der Waals surface area contributed by atoms with Gasteiger partial charge < -0.3 is 10.2 Å². The van der Waals surface area contributed by atoms with Gasteiger partial charge in [0.05, 0.1) is 11.3 Å². The molecule has 2 aromatic heterocycles. The average molecular weight is 267 g/mol.